The van der Waals surface area contributed by atoms with Gasteiger partial charge in [-0.05, 0) is 146 Å². The molecule has 6 rings (SSSR count). The molecular formula is C50H48N8O9S2. The van der Waals surface area contributed by atoms with E-state index in [1.54, 1.807) is 84.9 Å². The lowest BCUT2D eigenvalue weighted by molar-refractivity contribution is 0.0686. The van der Waals surface area contributed by atoms with E-state index in [-0.39, 0.29) is 39.7 Å². The Morgan fingerprint density at radius 1 is 0.522 bits per heavy atom. The molecule has 0 bridgehead atoms. The number of nitrogens with zero attached hydrogens (tertiary/aromatic N) is 8. The van der Waals surface area contributed by atoms with Crippen molar-refractivity contribution in [3.63, 3.8) is 0 Å². The summed E-state index contributed by atoms with van der Waals surface area (Å²) in [7, 11) is -4.74. The summed E-state index contributed by atoms with van der Waals surface area (Å²) >= 11 is 0.132. The number of azo groups is 4. The average molecular weight is 969 g/mol. The molecule has 0 fully saturated rings. The highest BCUT2D eigenvalue weighted by Crippen LogP contribution is 2.39. The summed E-state index contributed by atoms with van der Waals surface area (Å²) in [5.41, 5.74) is 3.80. The molecule has 19 heteroatoms. The van der Waals surface area contributed by atoms with Crippen molar-refractivity contribution in [3.05, 3.63) is 167 Å². The van der Waals surface area contributed by atoms with E-state index >= 15 is 0 Å². The number of hydrogen-bond acceptors (Lipinski definition) is 15. The maximum atomic E-state index is 12.9. The molecule has 354 valence electrons. The van der Waals surface area contributed by atoms with Crippen LogP contribution in [-0.4, -0.2) is 39.7 Å². The van der Waals surface area contributed by atoms with Gasteiger partial charge in [-0.15, -0.1) is 0 Å². The van der Waals surface area contributed by atoms with Crippen molar-refractivity contribution in [2.75, 3.05) is 0 Å². The third-order valence-electron chi connectivity index (χ3n) is 11.5. The molecule has 0 amide bonds. The SMILES string of the molecule is CCC(CC)(N=Nc1ccc(/C=C\c2ccc(C(CC)(CC)N=Nc3ccc(/N=N\c4ccc(C(=O)O)cc4)cc3)cc2S(=O)(=O)O)c(OSO)c1)c1ccc(/N=N\c2ccc(C(=O)O)cc2)cc1. The van der Waals surface area contributed by atoms with Crippen LogP contribution in [-0.2, 0) is 21.2 Å². The fraction of sp³-hybridized carbons (Fsp3) is 0.200. The van der Waals surface area contributed by atoms with Crippen LogP contribution in [0.4, 0.5) is 34.1 Å². The van der Waals surface area contributed by atoms with Crippen LogP contribution in [0.3, 0.4) is 0 Å². The maximum Gasteiger partial charge on any atom is 0.335 e. The number of aromatic carboxylic acids is 2. The largest absolute Gasteiger partial charge is 0.478 e. The van der Waals surface area contributed by atoms with E-state index in [2.05, 4.69) is 30.7 Å². The number of benzene rings is 6. The number of carbonyl (C=O) groups is 2. The maximum absolute atomic E-state index is 12.9. The number of carboxylic acid groups (broad SMARTS) is 2. The van der Waals surface area contributed by atoms with Crippen LogP contribution in [0.25, 0.3) is 12.2 Å². The van der Waals surface area contributed by atoms with Gasteiger partial charge >= 0.3 is 11.9 Å². The summed E-state index contributed by atoms with van der Waals surface area (Å²) in [5.74, 6) is -1.84. The van der Waals surface area contributed by atoms with Crippen molar-refractivity contribution in [3.8, 4) is 5.75 Å². The third kappa shape index (κ3) is 12.9. The third-order valence-corrected chi connectivity index (χ3v) is 12.7. The molecule has 6 aromatic carbocycles. The van der Waals surface area contributed by atoms with Gasteiger partial charge in [0.2, 0.25) is 12.3 Å². The molecule has 0 heterocycles. The molecule has 0 aliphatic heterocycles. The van der Waals surface area contributed by atoms with Crippen LogP contribution in [0.15, 0.2) is 179 Å². The number of hydrogen-bond donors (Lipinski definition) is 4. The molecule has 69 heavy (non-hydrogen) atoms. The lowest BCUT2D eigenvalue weighted by atomic mass is 9.85. The minimum absolute atomic E-state index is 0.132. The highest BCUT2D eigenvalue weighted by molar-refractivity contribution is 7.89. The van der Waals surface area contributed by atoms with E-state index in [1.165, 1.54) is 36.4 Å². The van der Waals surface area contributed by atoms with Crippen LogP contribution in [0.5, 0.6) is 5.75 Å². The van der Waals surface area contributed by atoms with Crippen molar-refractivity contribution in [1.29, 1.82) is 0 Å². The van der Waals surface area contributed by atoms with Gasteiger partial charge in [0, 0.05) is 11.6 Å². The molecule has 0 aliphatic carbocycles. The van der Waals surface area contributed by atoms with Crippen LogP contribution in [0, 0.1) is 0 Å². The molecule has 0 aromatic heterocycles. The van der Waals surface area contributed by atoms with Gasteiger partial charge in [0.05, 0.1) is 45.3 Å². The van der Waals surface area contributed by atoms with E-state index in [0.717, 1.165) is 5.56 Å². The van der Waals surface area contributed by atoms with Crippen LogP contribution >= 0.6 is 12.3 Å². The summed E-state index contributed by atoms with van der Waals surface area (Å²) in [5, 5.41) is 53.6. The second-order valence-corrected chi connectivity index (χ2v) is 17.2. The van der Waals surface area contributed by atoms with Gasteiger partial charge < -0.3 is 14.4 Å². The van der Waals surface area contributed by atoms with Gasteiger partial charge in [0.1, 0.15) is 21.7 Å². The van der Waals surface area contributed by atoms with Crippen LogP contribution < -0.4 is 4.18 Å². The molecule has 0 saturated heterocycles. The Labute approximate surface area is 403 Å². The molecule has 0 atom stereocenters. The Balaban J connectivity index is 1.19. The van der Waals surface area contributed by atoms with E-state index < -0.39 is 33.1 Å². The smallest absolute Gasteiger partial charge is 0.335 e. The molecule has 0 aliphatic rings. The van der Waals surface area contributed by atoms with Crippen molar-refractivity contribution in [2.45, 2.75) is 69.4 Å². The molecule has 6 aromatic rings. The number of carboxylic acids is 2. The summed E-state index contributed by atoms with van der Waals surface area (Å²) in [6.45, 7) is 7.84. The second kappa shape index (κ2) is 22.9. The predicted molar refractivity (Wildman–Crippen MR) is 264 cm³/mol. The Hall–Kier alpha value is -7.58. The Kier molecular flexibility index (Phi) is 16.9. The first-order valence-corrected chi connectivity index (χ1v) is 23.8. The van der Waals surface area contributed by atoms with Gasteiger partial charge in [-0.2, -0.15) is 49.3 Å². The van der Waals surface area contributed by atoms with Gasteiger partial charge in [-0.3, -0.25) is 9.11 Å². The topological polar surface area (TPSA) is 257 Å². The summed E-state index contributed by atoms with van der Waals surface area (Å²) in [6.07, 6.45) is 5.26. The van der Waals surface area contributed by atoms with Crippen molar-refractivity contribution in [1.82, 2.24) is 0 Å². The van der Waals surface area contributed by atoms with Gasteiger partial charge in [0.25, 0.3) is 10.1 Å². The summed E-state index contributed by atoms with van der Waals surface area (Å²) in [6, 6.07) is 36.0. The number of rotatable bonds is 21. The molecule has 0 radical (unpaired) electrons. The molecule has 4 N–H and O–H groups in total. The predicted octanol–water partition coefficient (Wildman–Crippen LogP) is 15.4. The standard InChI is InChI=1S/C50H48N8O9S2/c1-5-49(6-2,37-18-25-41(26-19-37)53-51-39-20-13-35(14-21-39)47(59)60)57-56-44-24-12-33(45(32-44)67-68-63)9-10-34-11-17-38(31-46(34)69(64,65)66)50(7-3,8-4)58-55-43-29-27-42(28-30-43)54-52-40-22-15-36(16-23-40)48(61)62/h9-32,63H,5-8H2,1-4H3,(H,59,60)(H,61,62)(H,64,65,66)/b10-9-,53-51-,54-52-,57-56?,58-55?. The highest BCUT2D eigenvalue weighted by atomic mass is 32.2. The molecule has 0 unspecified atom stereocenters. The minimum atomic E-state index is -4.74. The normalized spacial score (nSPS) is 12.6. The molecule has 0 saturated carbocycles. The van der Waals surface area contributed by atoms with Crippen LogP contribution in [0.2, 0.25) is 0 Å². The summed E-state index contributed by atoms with van der Waals surface area (Å²) < 4.78 is 51.4. The Bertz CT molecular complexity index is 3030. The summed E-state index contributed by atoms with van der Waals surface area (Å²) in [4.78, 5) is 21.9. The lowest BCUT2D eigenvalue weighted by Gasteiger charge is -2.27. The first-order chi connectivity index (χ1) is 33.1. The van der Waals surface area contributed by atoms with Gasteiger partial charge in [-0.25, -0.2) is 9.59 Å². The quantitative estimate of drug-likeness (QED) is 0.0229. The van der Waals surface area contributed by atoms with Crippen LogP contribution in [0.1, 0.15) is 96.3 Å². The van der Waals surface area contributed by atoms with E-state index in [1.807, 2.05) is 52.0 Å². The Morgan fingerprint density at radius 3 is 1.32 bits per heavy atom. The van der Waals surface area contributed by atoms with Crippen molar-refractivity contribution < 1.29 is 41.5 Å². The zero-order valence-electron chi connectivity index (χ0n) is 37.9. The van der Waals surface area contributed by atoms with Gasteiger partial charge in [0.15, 0.2) is 0 Å². The van der Waals surface area contributed by atoms with Gasteiger partial charge in [-0.1, -0.05) is 64.1 Å². The first-order valence-electron chi connectivity index (χ1n) is 21.6. The van der Waals surface area contributed by atoms with Crippen molar-refractivity contribution >= 4 is 80.7 Å². The molecular weight excluding hydrogens is 921 g/mol. The fourth-order valence-corrected chi connectivity index (χ4v) is 8.15. The second-order valence-electron chi connectivity index (χ2n) is 15.5. The minimum Gasteiger partial charge on any atom is -0.478 e. The van der Waals surface area contributed by atoms with E-state index in [0.29, 0.717) is 70.9 Å². The van der Waals surface area contributed by atoms with Crippen molar-refractivity contribution in [2.24, 2.45) is 40.9 Å². The zero-order chi connectivity index (χ0) is 49.6. The average Bonchev–Trinajstić information content (AvgIpc) is 3.36. The van der Waals surface area contributed by atoms with E-state index in [9.17, 15) is 27.1 Å². The first kappa shape index (κ1) is 50.8. The monoisotopic (exact) mass is 968 g/mol. The molecule has 17 nitrogen and oxygen atoms in total. The fourth-order valence-electron chi connectivity index (χ4n) is 7.22. The molecule has 0 spiro atoms. The lowest BCUT2D eigenvalue weighted by Crippen LogP contribution is -2.22. The zero-order valence-corrected chi connectivity index (χ0v) is 39.5. The Morgan fingerprint density at radius 2 is 0.884 bits per heavy atom. The van der Waals surface area contributed by atoms with E-state index in [4.69, 9.17) is 24.6 Å². The highest BCUT2D eigenvalue weighted by Gasteiger charge is 2.31.